The first kappa shape index (κ1) is 26.4. The van der Waals surface area contributed by atoms with E-state index in [1.165, 1.54) is 31.0 Å². The number of rotatable bonds is 11. The van der Waals surface area contributed by atoms with Crippen molar-refractivity contribution in [3.8, 4) is 0 Å². The number of sulfonamides is 1. The average Bonchev–Trinajstić information content (AvgIpc) is 3.66. The van der Waals surface area contributed by atoms with Gasteiger partial charge in [-0.1, -0.05) is 37.6 Å². The van der Waals surface area contributed by atoms with E-state index < -0.39 is 15.9 Å². The highest BCUT2D eigenvalue weighted by Crippen LogP contribution is 2.32. The van der Waals surface area contributed by atoms with Gasteiger partial charge < -0.3 is 10.2 Å². The van der Waals surface area contributed by atoms with E-state index in [1.54, 1.807) is 0 Å². The van der Waals surface area contributed by atoms with E-state index in [0.717, 1.165) is 36.2 Å². The zero-order valence-electron chi connectivity index (χ0n) is 20.6. The second kappa shape index (κ2) is 11.2. The molecule has 8 nitrogen and oxygen atoms in total. The Bertz CT molecular complexity index is 1240. The summed E-state index contributed by atoms with van der Waals surface area (Å²) in [5.74, 6) is 0.690. The van der Waals surface area contributed by atoms with Crippen molar-refractivity contribution in [1.29, 1.82) is 0 Å². The highest BCUT2D eigenvalue weighted by molar-refractivity contribution is 7.89. The number of fused-ring (bicyclic) bond motifs is 1. The molecule has 3 N–H and O–H groups in total. The summed E-state index contributed by atoms with van der Waals surface area (Å²) in [6, 6.07) is 10.2. The van der Waals surface area contributed by atoms with Gasteiger partial charge in [-0.05, 0) is 72.9 Å². The van der Waals surface area contributed by atoms with Gasteiger partial charge in [0.1, 0.15) is 4.90 Å². The van der Waals surface area contributed by atoms with Gasteiger partial charge in [0.2, 0.25) is 5.91 Å². The molecule has 4 rings (SSSR count). The van der Waals surface area contributed by atoms with Crippen LogP contribution in [0.4, 0.5) is 5.69 Å². The highest BCUT2D eigenvalue weighted by atomic mass is 35.5. The molecule has 36 heavy (non-hydrogen) atoms. The summed E-state index contributed by atoms with van der Waals surface area (Å²) in [4.78, 5) is 28.9. The van der Waals surface area contributed by atoms with Crippen molar-refractivity contribution >= 4 is 39.1 Å². The number of hydrogen-bond donors (Lipinski definition) is 3. The molecule has 2 amide bonds. The Hall–Kier alpha value is -2.62. The summed E-state index contributed by atoms with van der Waals surface area (Å²) < 4.78 is 25.8. The standard InChI is InChI=1S/C26H33ClN4O4S/c1-17(2)3-10-25(32)29-30-36(34,35)24-9-7-21(27)14-23(24)28-15-19-6-8-22-20(13-19)11-12-31(26(22)33)16-18-4-5-18/h6-9,13-14,17-18,28,30H,3-5,10-12,15-16H2,1-2H3,(H,29,32). The van der Waals surface area contributed by atoms with Crippen LogP contribution in [0.25, 0.3) is 0 Å². The molecule has 1 aliphatic heterocycles. The lowest BCUT2D eigenvalue weighted by Crippen LogP contribution is -2.41. The van der Waals surface area contributed by atoms with Crippen molar-refractivity contribution in [1.82, 2.24) is 15.2 Å². The monoisotopic (exact) mass is 532 g/mol. The average molecular weight is 533 g/mol. The van der Waals surface area contributed by atoms with E-state index in [0.29, 0.717) is 35.5 Å². The zero-order valence-corrected chi connectivity index (χ0v) is 22.2. The third-order valence-electron chi connectivity index (χ3n) is 6.50. The second-order valence-electron chi connectivity index (χ2n) is 10.0. The first-order valence-corrected chi connectivity index (χ1v) is 14.2. The second-order valence-corrected chi connectivity index (χ2v) is 12.1. The predicted molar refractivity (Wildman–Crippen MR) is 140 cm³/mol. The molecule has 0 unspecified atom stereocenters. The minimum Gasteiger partial charge on any atom is -0.380 e. The van der Waals surface area contributed by atoms with E-state index >= 15 is 0 Å². The van der Waals surface area contributed by atoms with Crippen LogP contribution in [-0.4, -0.2) is 38.2 Å². The minimum atomic E-state index is -4.03. The summed E-state index contributed by atoms with van der Waals surface area (Å²) in [7, 11) is -4.03. The van der Waals surface area contributed by atoms with E-state index in [9.17, 15) is 18.0 Å². The molecule has 0 atom stereocenters. The van der Waals surface area contributed by atoms with Crippen LogP contribution in [-0.2, 0) is 27.8 Å². The largest absolute Gasteiger partial charge is 0.380 e. The van der Waals surface area contributed by atoms with Gasteiger partial charge in [-0.15, -0.1) is 4.83 Å². The number of anilines is 1. The van der Waals surface area contributed by atoms with Crippen molar-refractivity contribution in [3.05, 3.63) is 58.1 Å². The summed E-state index contributed by atoms with van der Waals surface area (Å²) in [5, 5.41) is 3.53. The topological polar surface area (TPSA) is 108 Å². The molecule has 0 saturated heterocycles. The van der Waals surface area contributed by atoms with Gasteiger partial charge in [-0.2, -0.15) is 0 Å². The fourth-order valence-electron chi connectivity index (χ4n) is 4.22. The van der Waals surface area contributed by atoms with Crippen molar-refractivity contribution in [3.63, 3.8) is 0 Å². The SMILES string of the molecule is CC(C)CCC(=O)NNS(=O)(=O)c1ccc(Cl)cc1NCc1ccc2c(c1)CCN(CC1CC1)C2=O. The molecular weight excluding hydrogens is 500 g/mol. The Morgan fingerprint density at radius 1 is 1.17 bits per heavy atom. The maximum Gasteiger partial charge on any atom is 0.259 e. The molecule has 1 aliphatic carbocycles. The number of carbonyl (C=O) groups excluding carboxylic acids is 2. The minimum absolute atomic E-state index is 0.0279. The molecule has 194 valence electrons. The molecule has 1 fully saturated rings. The lowest BCUT2D eigenvalue weighted by atomic mass is 9.96. The van der Waals surface area contributed by atoms with Crippen LogP contribution in [0.2, 0.25) is 5.02 Å². The first-order valence-electron chi connectivity index (χ1n) is 12.4. The van der Waals surface area contributed by atoms with E-state index in [1.807, 2.05) is 36.9 Å². The number of benzene rings is 2. The third-order valence-corrected chi connectivity index (χ3v) is 8.04. The summed E-state index contributed by atoms with van der Waals surface area (Å²) >= 11 is 6.14. The van der Waals surface area contributed by atoms with Gasteiger partial charge in [0.15, 0.2) is 0 Å². The number of hydrazine groups is 1. The van der Waals surface area contributed by atoms with Crippen LogP contribution >= 0.6 is 11.6 Å². The molecule has 0 bridgehead atoms. The third kappa shape index (κ3) is 6.78. The van der Waals surface area contributed by atoms with Crippen molar-refractivity contribution in [2.24, 2.45) is 11.8 Å². The molecule has 0 spiro atoms. The van der Waals surface area contributed by atoms with Crippen LogP contribution in [0.3, 0.4) is 0 Å². The van der Waals surface area contributed by atoms with Crippen molar-refractivity contribution in [2.45, 2.75) is 57.4 Å². The zero-order chi connectivity index (χ0) is 25.9. The van der Waals surface area contributed by atoms with Crippen LogP contribution in [0, 0.1) is 11.8 Å². The lowest BCUT2D eigenvalue weighted by Gasteiger charge is -2.29. The Labute approximate surface area is 217 Å². The van der Waals surface area contributed by atoms with Gasteiger partial charge in [-0.25, -0.2) is 8.42 Å². The van der Waals surface area contributed by atoms with Crippen LogP contribution in [0.5, 0.6) is 0 Å². The number of amides is 2. The number of nitrogens with zero attached hydrogens (tertiary/aromatic N) is 1. The van der Waals surface area contributed by atoms with Crippen LogP contribution in [0.1, 0.15) is 61.0 Å². The summed E-state index contributed by atoms with van der Waals surface area (Å²) in [5.41, 5.74) is 5.27. The van der Waals surface area contributed by atoms with E-state index in [4.69, 9.17) is 11.6 Å². The molecule has 2 aromatic rings. The number of nitrogens with one attached hydrogen (secondary N) is 3. The van der Waals surface area contributed by atoms with Gasteiger partial charge in [0.25, 0.3) is 15.9 Å². The Balaban J connectivity index is 1.42. The van der Waals surface area contributed by atoms with Crippen LogP contribution < -0.4 is 15.6 Å². The predicted octanol–water partition coefficient (Wildman–Crippen LogP) is 4.11. The Morgan fingerprint density at radius 2 is 1.94 bits per heavy atom. The first-order chi connectivity index (χ1) is 17.1. The quantitative estimate of drug-likeness (QED) is 0.377. The highest BCUT2D eigenvalue weighted by Gasteiger charge is 2.30. The molecule has 10 heteroatoms. The Kier molecular flexibility index (Phi) is 8.22. The summed E-state index contributed by atoms with van der Waals surface area (Å²) in [6.07, 6.45) is 4.11. The number of carbonyl (C=O) groups is 2. The molecule has 0 radical (unpaired) electrons. The molecule has 1 heterocycles. The van der Waals surface area contributed by atoms with E-state index in [2.05, 4.69) is 15.6 Å². The molecule has 0 aromatic heterocycles. The van der Waals surface area contributed by atoms with Gasteiger partial charge >= 0.3 is 0 Å². The van der Waals surface area contributed by atoms with Gasteiger partial charge in [0.05, 0.1) is 5.69 Å². The lowest BCUT2D eigenvalue weighted by molar-refractivity contribution is -0.121. The van der Waals surface area contributed by atoms with E-state index in [-0.39, 0.29) is 17.2 Å². The molecular formula is C26H33ClN4O4S. The van der Waals surface area contributed by atoms with Crippen molar-refractivity contribution < 1.29 is 18.0 Å². The van der Waals surface area contributed by atoms with Gasteiger partial charge in [0, 0.05) is 36.6 Å². The van der Waals surface area contributed by atoms with Crippen LogP contribution in [0.15, 0.2) is 41.3 Å². The fraction of sp³-hybridized carbons (Fsp3) is 0.462. The molecule has 2 aromatic carbocycles. The molecule has 1 saturated carbocycles. The van der Waals surface area contributed by atoms with Gasteiger partial charge in [-0.3, -0.25) is 15.0 Å². The fourth-order valence-corrected chi connectivity index (χ4v) is 5.42. The Morgan fingerprint density at radius 3 is 2.67 bits per heavy atom. The smallest absolute Gasteiger partial charge is 0.259 e. The summed E-state index contributed by atoms with van der Waals surface area (Å²) in [6.45, 7) is 5.90. The molecule has 2 aliphatic rings. The maximum atomic E-state index is 12.9. The normalized spacial score (nSPS) is 15.7. The van der Waals surface area contributed by atoms with Crippen molar-refractivity contribution in [2.75, 3.05) is 18.4 Å². The number of halogens is 1. The number of hydrogen-bond acceptors (Lipinski definition) is 5. The maximum absolute atomic E-state index is 12.9.